The molecule has 0 aliphatic heterocycles. The van der Waals surface area contributed by atoms with Gasteiger partial charge in [-0.3, -0.25) is 0 Å². The third-order valence-corrected chi connectivity index (χ3v) is 2.62. The summed E-state index contributed by atoms with van der Waals surface area (Å²) in [6.45, 7) is 0. The maximum atomic E-state index is 10.9. The Balaban J connectivity index is 2.29. The molecule has 2 rings (SSSR count). The number of anilines is 1. The molecule has 0 atom stereocenters. The molecule has 0 spiro atoms. The molecule has 0 radical (unpaired) electrons. The Morgan fingerprint density at radius 1 is 1.05 bits per heavy atom. The Bertz CT molecular complexity index is 654. The predicted molar refractivity (Wildman–Crippen MR) is 77.1 cm³/mol. The number of hydrogen-bond acceptors (Lipinski definition) is 1. The number of nitrogens with two attached hydrogens (primary N) is 1. The SMILES string of the molecule is NC(=O)Nc1ccccc1C#Cc1ccc(Cl)cc1. The summed E-state index contributed by atoms with van der Waals surface area (Å²) in [7, 11) is 0. The lowest BCUT2D eigenvalue weighted by Gasteiger charge is -2.03. The van der Waals surface area contributed by atoms with Crippen molar-refractivity contribution in [1.82, 2.24) is 0 Å². The summed E-state index contributed by atoms with van der Waals surface area (Å²) in [5, 5.41) is 3.20. The van der Waals surface area contributed by atoms with Crippen molar-refractivity contribution in [1.29, 1.82) is 0 Å². The minimum atomic E-state index is -0.610. The number of hydrogen-bond donors (Lipinski definition) is 2. The lowest BCUT2D eigenvalue weighted by atomic mass is 10.1. The summed E-state index contributed by atoms with van der Waals surface area (Å²) in [6.07, 6.45) is 0. The fraction of sp³-hybridized carbons (Fsp3) is 0. The van der Waals surface area contributed by atoms with Gasteiger partial charge in [0, 0.05) is 16.1 Å². The number of rotatable bonds is 1. The van der Waals surface area contributed by atoms with Crippen molar-refractivity contribution < 1.29 is 4.79 Å². The number of carbonyl (C=O) groups is 1. The highest BCUT2D eigenvalue weighted by Crippen LogP contribution is 2.14. The summed E-state index contributed by atoms with van der Waals surface area (Å²) >= 11 is 5.80. The number of amides is 2. The van der Waals surface area contributed by atoms with Crippen LogP contribution in [-0.2, 0) is 0 Å². The van der Waals surface area contributed by atoms with E-state index in [4.69, 9.17) is 17.3 Å². The molecular weight excluding hydrogens is 260 g/mol. The number of primary amides is 1. The van der Waals surface area contributed by atoms with Gasteiger partial charge in [-0.2, -0.15) is 0 Å². The molecule has 2 aromatic carbocycles. The third kappa shape index (κ3) is 3.77. The van der Waals surface area contributed by atoms with Gasteiger partial charge in [0.25, 0.3) is 0 Å². The molecule has 0 saturated heterocycles. The van der Waals surface area contributed by atoms with Crippen LogP contribution < -0.4 is 11.1 Å². The van der Waals surface area contributed by atoms with Gasteiger partial charge in [0.2, 0.25) is 0 Å². The van der Waals surface area contributed by atoms with Gasteiger partial charge in [-0.05, 0) is 36.4 Å². The molecule has 0 aromatic heterocycles. The summed E-state index contributed by atoms with van der Waals surface area (Å²) < 4.78 is 0. The number of urea groups is 1. The molecule has 0 unspecified atom stereocenters. The van der Waals surface area contributed by atoms with Gasteiger partial charge in [0.1, 0.15) is 0 Å². The molecule has 2 aromatic rings. The van der Waals surface area contributed by atoms with Crippen LogP contribution in [0.2, 0.25) is 5.02 Å². The highest BCUT2D eigenvalue weighted by atomic mass is 35.5. The van der Waals surface area contributed by atoms with Crippen LogP contribution >= 0.6 is 11.6 Å². The molecule has 0 heterocycles. The van der Waals surface area contributed by atoms with Crippen LogP contribution in [0.5, 0.6) is 0 Å². The fourth-order valence-corrected chi connectivity index (χ4v) is 1.63. The number of nitrogens with one attached hydrogen (secondary N) is 1. The minimum Gasteiger partial charge on any atom is -0.351 e. The Kier molecular flexibility index (Phi) is 4.07. The van der Waals surface area contributed by atoms with Crippen molar-refractivity contribution in [2.75, 3.05) is 5.32 Å². The van der Waals surface area contributed by atoms with Crippen LogP contribution in [0, 0.1) is 11.8 Å². The first kappa shape index (κ1) is 13.0. The van der Waals surface area contributed by atoms with E-state index in [1.165, 1.54) is 0 Å². The lowest BCUT2D eigenvalue weighted by Crippen LogP contribution is -2.19. The van der Waals surface area contributed by atoms with Crippen molar-refractivity contribution in [3.05, 3.63) is 64.7 Å². The van der Waals surface area contributed by atoms with E-state index in [9.17, 15) is 4.79 Å². The van der Waals surface area contributed by atoms with E-state index in [2.05, 4.69) is 17.2 Å². The van der Waals surface area contributed by atoms with E-state index in [1.54, 1.807) is 24.3 Å². The quantitative estimate of drug-likeness (QED) is 0.768. The zero-order chi connectivity index (χ0) is 13.7. The van der Waals surface area contributed by atoms with Gasteiger partial charge >= 0.3 is 6.03 Å². The van der Waals surface area contributed by atoms with Gasteiger partial charge < -0.3 is 11.1 Å². The standard InChI is InChI=1S/C15H11ClN2O/c16-13-9-6-11(7-10-13)5-8-12-3-1-2-4-14(12)18-15(17)19/h1-4,6-7,9-10H,(H3,17,18,19). The highest BCUT2D eigenvalue weighted by molar-refractivity contribution is 6.30. The largest absolute Gasteiger partial charge is 0.351 e. The lowest BCUT2D eigenvalue weighted by molar-refractivity contribution is 0.259. The van der Waals surface area contributed by atoms with Crippen LogP contribution in [0.25, 0.3) is 0 Å². The van der Waals surface area contributed by atoms with Crippen LogP contribution in [0.15, 0.2) is 48.5 Å². The highest BCUT2D eigenvalue weighted by Gasteiger charge is 2.00. The minimum absolute atomic E-state index is 0.594. The Morgan fingerprint density at radius 2 is 1.74 bits per heavy atom. The number of para-hydroxylation sites is 1. The van der Waals surface area contributed by atoms with Gasteiger partial charge in [0.15, 0.2) is 0 Å². The molecule has 94 valence electrons. The van der Waals surface area contributed by atoms with E-state index in [-0.39, 0.29) is 0 Å². The molecule has 0 bridgehead atoms. The topological polar surface area (TPSA) is 55.1 Å². The van der Waals surface area contributed by atoms with Gasteiger partial charge in [-0.25, -0.2) is 4.79 Å². The second-order valence-corrected chi connectivity index (χ2v) is 4.23. The summed E-state index contributed by atoms with van der Waals surface area (Å²) in [6, 6.07) is 13.8. The van der Waals surface area contributed by atoms with E-state index in [0.29, 0.717) is 16.3 Å². The van der Waals surface area contributed by atoms with Crippen LogP contribution in [0.3, 0.4) is 0 Å². The number of benzene rings is 2. The van der Waals surface area contributed by atoms with Crippen molar-refractivity contribution >= 4 is 23.3 Å². The zero-order valence-electron chi connectivity index (χ0n) is 9.98. The average molecular weight is 271 g/mol. The molecule has 0 aliphatic rings. The molecule has 0 fully saturated rings. The van der Waals surface area contributed by atoms with Crippen molar-refractivity contribution in [2.45, 2.75) is 0 Å². The Hall–Kier alpha value is -2.44. The van der Waals surface area contributed by atoms with E-state index >= 15 is 0 Å². The van der Waals surface area contributed by atoms with Gasteiger partial charge in [0.05, 0.1) is 5.69 Å². The second kappa shape index (κ2) is 5.94. The smallest absolute Gasteiger partial charge is 0.316 e. The fourth-order valence-electron chi connectivity index (χ4n) is 1.51. The molecular formula is C15H11ClN2O. The zero-order valence-corrected chi connectivity index (χ0v) is 10.7. The molecule has 2 amide bonds. The second-order valence-electron chi connectivity index (χ2n) is 3.79. The predicted octanol–water partition coefficient (Wildman–Crippen LogP) is 3.23. The molecule has 19 heavy (non-hydrogen) atoms. The van der Waals surface area contributed by atoms with E-state index < -0.39 is 6.03 Å². The summed E-state index contributed by atoms with van der Waals surface area (Å²) in [4.78, 5) is 10.9. The molecule has 4 heteroatoms. The van der Waals surface area contributed by atoms with Crippen LogP contribution in [0.4, 0.5) is 10.5 Å². The summed E-state index contributed by atoms with van der Waals surface area (Å²) in [5.41, 5.74) is 7.25. The van der Waals surface area contributed by atoms with Gasteiger partial charge in [-0.1, -0.05) is 35.6 Å². The maximum absolute atomic E-state index is 10.9. The summed E-state index contributed by atoms with van der Waals surface area (Å²) in [5.74, 6) is 5.99. The van der Waals surface area contributed by atoms with Crippen LogP contribution in [-0.4, -0.2) is 6.03 Å². The normalized spacial score (nSPS) is 9.32. The average Bonchev–Trinajstić information content (AvgIpc) is 2.39. The monoisotopic (exact) mass is 270 g/mol. The Morgan fingerprint density at radius 3 is 2.42 bits per heavy atom. The molecule has 0 saturated carbocycles. The van der Waals surface area contributed by atoms with E-state index in [1.807, 2.05) is 24.3 Å². The first-order valence-corrected chi connectivity index (χ1v) is 5.96. The molecule has 3 N–H and O–H groups in total. The van der Waals surface area contributed by atoms with Crippen LogP contribution in [0.1, 0.15) is 11.1 Å². The van der Waals surface area contributed by atoms with Crippen molar-refractivity contribution in [3.8, 4) is 11.8 Å². The maximum Gasteiger partial charge on any atom is 0.316 e. The first-order chi connectivity index (χ1) is 9.15. The van der Waals surface area contributed by atoms with Gasteiger partial charge in [-0.15, -0.1) is 0 Å². The van der Waals surface area contributed by atoms with E-state index in [0.717, 1.165) is 5.56 Å². The third-order valence-electron chi connectivity index (χ3n) is 2.37. The number of carbonyl (C=O) groups excluding carboxylic acids is 1. The van der Waals surface area contributed by atoms with Crippen molar-refractivity contribution in [2.24, 2.45) is 5.73 Å². The molecule has 3 nitrogen and oxygen atoms in total. The molecule has 0 aliphatic carbocycles. The van der Waals surface area contributed by atoms with Crippen molar-refractivity contribution in [3.63, 3.8) is 0 Å². The Labute approximate surface area is 116 Å². The first-order valence-electron chi connectivity index (χ1n) is 5.58. The number of halogens is 1.